The lowest BCUT2D eigenvalue weighted by atomic mass is 9.85. The number of nitrogens with one attached hydrogen (secondary N) is 1. The third-order valence-corrected chi connectivity index (χ3v) is 3.33. The van der Waals surface area contributed by atoms with Crippen LogP contribution >= 0.6 is 0 Å². The smallest absolute Gasteiger partial charge is 0.223 e. The zero-order chi connectivity index (χ0) is 12.1. The van der Waals surface area contributed by atoms with Gasteiger partial charge in [-0.2, -0.15) is 4.98 Å². The van der Waals surface area contributed by atoms with Crippen molar-refractivity contribution in [1.29, 1.82) is 0 Å². The molecular weight excluding hydrogens is 218 g/mol. The van der Waals surface area contributed by atoms with E-state index in [9.17, 15) is 5.11 Å². The molecule has 1 aliphatic carbocycles. The Morgan fingerprint density at radius 1 is 1.35 bits per heavy atom. The van der Waals surface area contributed by atoms with Gasteiger partial charge in [-0.3, -0.25) is 0 Å². The fraction of sp³-hybridized carbons (Fsp3) is 0.833. The van der Waals surface area contributed by atoms with Crippen LogP contribution in [-0.2, 0) is 6.42 Å². The molecule has 0 spiro atoms. The Morgan fingerprint density at radius 2 is 2.12 bits per heavy atom. The lowest BCUT2D eigenvalue weighted by molar-refractivity contribution is 0.00514. The van der Waals surface area contributed by atoms with Crippen molar-refractivity contribution in [2.45, 2.75) is 51.0 Å². The highest BCUT2D eigenvalue weighted by molar-refractivity contribution is 4.87. The standard InChI is InChI=1S/C12H21N3O2/c1-10-14-11(15-17-10)5-8-13-9-12(16)6-3-2-4-7-12/h13,16H,2-9H2,1H3. The molecule has 96 valence electrons. The molecule has 0 unspecified atom stereocenters. The average molecular weight is 239 g/mol. The summed E-state index contributed by atoms with van der Waals surface area (Å²) in [6, 6.07) is 0. The zero-order valence-corrected chi connectivity index (χ0v) is 10.4. The monoisotopic (exact) mass is 239 g/mol. The van der Waals surface area contributed by atoms with Gasteiger partial charge in [0.05, 0.1) is 5.60 Å². The van der Waals surface area contributed by atoms with Gasteiger partial charge in [-0.15, -0.1) is 0 Å². The quantitative estimate of drug-likeness (QED) is 0.756. The molecule has 1 aromatic rings. The Labute approximate surface area is 102 Å². The fourth-order valence-electron chi connectivity index (χ4n) is 2.35. The first-order chi connectivity index (χ1) is 8.18. The number of rotatable bonds is 5. The van der Waals surface area contributed by atoms with Gasteiger partial charge in [0.1, 0.15) is 0 Å². The number of aliphatic hydroxyl groups is 1. The van der Waals surface area contributed by atoms with Crippen molar-refractivity contribution in [3.05, 3.63) is 11.7 Å². The lowest BCUT2D eigenvalue weighted by Gasteiger charge is -2.32. The molecule has 2 N–H and O–H groups in total. The highest BCUT2D eigenvalue weighted by Gasteiger charge is 2.28. The first-order valence-electron chi connectivity index (χ1n) is 6.40. The topological polar surface area (TPSA) is 71.2 Å². The maximum Gasteiger partial charge on any atom is 0.223 e. The average Bonchev–Trinajstić information content (AvgIpc) is 2.72. The summed E-state index contributed by atoms with van der Waals surface area (Å²) in [5.74, 6) is 1.33. The van der Waals surface area contributed by atoms with Gasteiger partial charge >= 0.3 is 0 Å². The van der Waals surface area contributed by atoms with E-state index in [0.29, 0.717) is 12.4 Å². The molecule has 5 heteroatoms. The van der Waals surface area contributed by atoms with Crippen molar-refractivity contribution in [1.82, 2.24) is 15.5 Å². The Balaban J connectivity index is 1.65. The molecule has 0 atom stereocenters. The molecule has 0 radical (unpaired) electrons. The van der Waals surface area contributed by atoms with Gasteiger partial charge < -0.3 is 14.9 Å². The summed E-state index contributed by atoms with van der Waals surface area (Å²) < 4.78 is 4.89. The van der Waals surface area contributed by atoms with Crippen LogP contribution in [0.3, 0.4) is 0 Å². The van der Waals surface area contributed by atoms with Gasteiger partial charge in [0.25, 0.3) is 0 Å². The second kappa shape index (κ2) is 5.60. The van der Waals surface area contributed by atoms with Crippen LogP contribution in [0.2, 0.25) is 0 Å². The van der Waals surface area contributed by atoms with Crippen LogP contribution in [0, 0.1) is 6.92 Å². The third-order valence-electron chi connectivity index (χ3n) is 3.33. The molecule has 1 saturated carbocycles. The molecule has 1 aromatic heterocycles. The van der Waals surface area contributed by atoms with E-state index >= 15 is 0 Å². The first-order valence-corrected chi connectivity index (χ1v) is 6.40. The van der Waals surface area contributed by atoms with E-state index in [1.54, 1.807) is 6.92 Å². The summed E-state index contributed by atoms with van der Waals surface area (Å²) in [5, 5.41) is 17.4. The number of hydrogen-bond donors (Lipinski definition) is 2. The zero-order valence-electron chi connectivity index (χ0n) is 10.4. The summed E-state index contributed by atoms with van der Waals surface area (Å²) in [6.45, 7) is 3.24. The van der Waals surface area contributed by atoms with Crippen LogP contribution in [0.15, 0.2) is 4.52 Å². The van der Waals surface area contributed by atoms with Crippen molar-refractivity contribution < 1.29 is 9.63 Å². The van der Waals surface area contributed by atoms with E-state index in [2.05, 4.69) is 15.5 Å². The number of nitrogens with zero attached hydrogens (tertiary/aromatic N) is 2. The predicted molar refractivity (Wildman–Crippen MR) is 63.6 cm³/mol. The minimum Gasteiger partial charge on any atom is -0.389 e. The van der Waals surface area contributed by atoms with Crippen molar-refractivity contribution in [2.24, 2.45) is 0 Å². The minimum absolute atomic E-state index is 0.495. The minimum atomic E-state index is -0.495. The SMILES string of the molecule is Cc1nc(CCNCC2(O)CCCCC2)no1. The lowest BCUT2D eigenvalue weighted by Crippen LogP contribution is -2.42. The number of aryl methyl sites for hydroxylation is 1. The van der Waals surface area contributed by atoms with Crippen LogP contribution in [0.5, 0.6) is 0 Å². The Bertz CT molecular complexity index is 345. The van der Waals surface area contributed by atoms with Crippen LogP contribution < -0.4 is 5.32 Å². The Hall–Kier alpha value is -0.940. The van der Waals surface area contributed by atoms with Crippen LogP contribution in [0.1, 0.15) is 43.8 Å². The summed E-state index contributed by atoms with van der Waals surface area (Å²) in [6.07, 6.45) is 6.12. The molecule has 1 aliphatic rings. The van der Waals surface area contributed by atoms with Crippen LogP contribution in [-0.4, -0.2) is 33.9 Å². The maximum atomic E-state index is 10.3. The van der Waals surface area contributed by atoms with Gasteiger partial charge in [0, 0.05) is 26.4 Å². The van der Waals surface area contributed by atoms with Crippen LogP contribution in [0.25, 0.3) is 0 Å². The molecule has 0 aromatic carbocycles. The molecule has 5 nitrogen and oxygen atoms in total. The summed E-state index contributed by atoms with van der Waals surface area (Å²) in [7, 11) is 0. The van der Waals surface area contributed by atoms with E-state index in [4.69, 9.17) is 4.52 Å². The van der Waals surface area contributed by atoms with Gasteiger partial charge in [-0.1, -0.05) is 24.4 Å². The van der Waals surface area contributed by atoms with Crippen molar-refractivity contribution in [3.8, 4) is 0 Å². The molecule has 1 heterocycles. The molecule has 0 saturated heterocycles. The summed E-state index contributed by atoms with van der Waals surface area (Å²) in [5.41, 5.74) is -0.495. The highest BCUT2D eigenvalue weighted by atomic mass is 16.5. The Morgan fingerprint density at radius 3 is 2.76 bits per heavy atom. The van der Waals surface area contributed by atoms with Gasteiger partial charge in [-0.25, -0.2) is 0 Å². The predicted octanol–water partition coefficient (Wildman–Crippen LogP) is 1.21. The molecule has 0 amide bonds. The molecule has 1 fully saturated rings. The van der Waals surface area contributed by atoms with Crippen molar-refractivity contribution >= 4 is 0 Å². The molecule has 0 bridgehead atoms. The molecular formula is C12H21N3O2. The van der Waals surface area contributed by atoms with E-state index in [1.807, 2.05) is 0 Å². The Kier molecular flexibility index (Phi) is 4.12. The van der Waals surface area contributed by atoms with E-state index in [1.165, 1.54) is 6.42 Å². The van der Waals surface area contributed by atoms with Gasteiger partial charge in [-0.05, 0) is 12.8 Å². The fourth-order valence-corrected chi connectivity index (χ4v) is 2.35. The summed E-state index contributed by atoms with van der Waals surface area (Å²) in [4.78, 5) is 4.13. The van der Waals surface area contributed by atoms with Crippen LogP contribution in [0.4, 0.5) is 0 Å². The molecule has 2 rings (SSSR count). The second-order valence-corrected chi connectivity index (χ2v) is 4.94. The molecule has 0 aliphatic heterocycles. The van der Waals surface area contributed by atoms with Crippen molar-refractivity contribution in [2.75, 3.05) is 13.1 Å². The largest absolute Gasteiger partial charge is 0.389 e. The van der Waals surface area contributed by atoms with Crippen molar-refractivity contribution in [3.63, 3.8) is 0 Å². The second-order valence-electron chi connectivity index (χ2n) is 4.94. The number of hydrogen-bond acceptors (Lipinski definition) is 5. The van der Waals surface area contributed by atoms with E-state index < -0.39 is 5.60 Å². The normalized spacial score (nSPS) is 19.4. The number of aromatic nitrogens is 2. The third kappa shape index (κ3) is 3.78. The van der Waals surface area contributed by atoms with Gasteiger partial charge in [0.15, 0.2) is 5.82 Å². The molecule has 17 heavy (non-hydrogen) atoms. The van der Waals surface area contributed by atoms with E-state index in [0.717, 1.165) is 44.5 Å². The highest BCUT2D eigenvalue weighted by Crippen LogP contribution is 2.27. The van der Waals surface area contributed by atoms with E-state index in [-0.39, 0.29) is 0 Å². The summed E-state index contributed by atoms with van der Waals surface area (Å²) >= 11 is 0. The first kappa shape index (κ1) is 12.5. The maximum absolute atomic E-state index is 10.3. The van der Waals surface area contributed by atoms with Gasteiger partial charge in [0.2, 0.25) is 5.89 Å².